The number of nitriles is 1. The van der Waals surface area contributed by atoms with Crippen molar-refractivity contribution in [1.82, 2.24) is 5.32 Å². The lowest BCUT2D eigenvalue weighted by atomic mass is 10.1. The van der Waals surface area contributed by atoms with Crippen molar-refractivity contribution in [2.45, 2.75) is 19.4 Å². The Morgan fingerprint density at radius 2 is 2.25 bits per heavy atom. The van der Waals surface area contributed by atoms with Crippen molar-refractivity contribution in [3.63, 3.8) is 0 Å². The van der Waals surface area contributed by atoms with Gasteiger partial charge >= 0.3 is 0 Å². The Morgan fingerprint density at radius 3 is 2.75 bits per heavy atom. The molecule has 0 amide bonds. The Morgan fingerprint density at radius 1 is 1.56 bits per heavy atom. The standard InChI is InChI=1S/C12H15FN2O/c1-9-6-10(4-5-11(9)13)16-8-12(2,7-14)15-3/h4-6,15H,8H2,1-3H3. The highest BCUT2D eigenvalue weighted by Gasteiger charge is 2.22. The van der Waals surface area contributed by atoms with Gasteiger partial charge in [-0.2, -0.15) is 5.26 Å². The topological polar surface area (TPSA) is 45.0 Å². The average Bonchev–Trinajstić information content (AvgIpc) is 2.30. The van der Waals surface area contributed by atoms with Gasteiger partial charge in [-0.3, -0.25) is 5.32 Å². The number of rotatable bonds is 4. The third kappa shape index (κ3) is 2.94. The molecule has 1 aromatic rings. The summed E-state index contributed by atoms with van der Waals surface area (Å²) in [4.78, 5) is 0. The Labute approximate surface area is 94.8 Å². The summed E-state index contributed by atoms with van der Waals surface area (Å²) in [6, 6.07) is 6.63. The lowest BCUT2D eigenvalue weighted by Gasteiger charge is -2.21. The summed E-state index contributed by atoms with van der Waals surface area (Å²) in [6.45, 7) is 3.62. The maximum absolute atomic E-state index is 13.0. The molecular formula is C12H15FN2O. The highest BCUT2D eigenvalue weighted by atomic mass is 19.1. The van der Waals surface area contributed by atoms with Crippen molar-refractivity contribution in [2.24, 2.45) is 0 Å². The van der Waals surface area contributed by atoms with E-state index in [9.17, 15) is 4.39 Å². The summed E-state index contributed by atoms with van der Waals surface area (Å²) >= 11 is 0. The Bertz CT molecular complexity index is 414. The normalized spacial score (nSPS) is 13.9. The first kappa shape index (κ1) is 12.5. The molecule has 0 aromatic heterocycles. The van der Waals surface area contributed by atoms with Crippen LogP contribution in [0.25, 0.3) is 0 Å². The van der Waals surface area contributed by atoms with E-state index in [0.717, 1.165) is 0 Å². The molecule has 0 bridgehead atoms. The van der Waals surface area contributed by atoms with Crippen molar-refractivity contribution in [1.29, 1.82) is 5.26 Å². The second-order valence-corrected chi connectivity index (χ2v) is 3.89. The van der Waals surface area contributed by atoms with Gasteiger partial charge in [-0.25, -0.2) is 4.39 Å². The van der Waals surface area contributed by atoms with Crippen LogP contribution in [-0.2, 0) is 0 Å². The Hall–Kier alpha value is -1.60. The summed E-state index contributed by atoms with van der Waals surface area (Å²) < 4.78 is 18.4. The number of nitrogens with zero attached hydrogens (tertiary/aromatic N) is 1. The highest BCUT2D eigenvalue weighted by Crippen LogP contribution is 2.17. The van der Waals surface area contributed by atoms with Gasteiger partial charge in [-0.15, -0.1) is 0 Å². The zero-order valence-electron chi connectivity index (χ0n) is 9.67. The number of halogens is 1. The summed E-state index contributed by atoms with van der Waals surface area (Å²) in [5.41, 5.74) is -0.205. The van der Waals surface area contributed by atoms with Gasteiger partial charge in [-0.1, -0.05) is 0 Å². The Kier molecular flexibility index (Phi) is 3.86. The molecule has 1 N–H and O–H groups in total. The molecule has 0 aliphatic heterocycles. The summed E-state index contributed by atoms with van der Waals surface area (Å²) in [5.74, 6) is 0.305. The molecule has 0 aliphatic rings. The van der Waals surface area contributed by atoms with Gasteiger partial charge in [0.2, 0.25) is 0 Å². The quantitative estimate of drug-likeness (QED) is 0.847. The van der Waals surface area contributed by atoms with E-state index in [1.807, 2.05) is 0 Å². The van der Waals surface area contributed by atoms with Crippen LogP contribution in [0.2, 0.25) is 0 Å². The molecule has 0 spiro atoms. The third-order valence-corrected chi connectivity index (χ3v) is 2.46. The van der Waals surface area contributed by atoms with E-state index >= 15 is 0 Å². The minimum absolute atomic E-state index is 0.213. The zero-order chi connectivity index (χ0) is 12.2. The molecule has 0 aliphatic carbocycles. The van der Waals surface area contributed by atoms with Gasteiger partial charge in [0.1, 0.15) is 23.7 Å². The molecule has 0 radical (unpaired) electrons. The molecule has 4 heteroatoms. The van der Waals surface area contributed by atoms with Crippen LogP contribution in [0.3, 0.4) is 0 Å². The van der Waals surface area contributed by atoms with Crippen molar-refractivity contribution >= 4 is 0 Å². The smallest absolute Gasteiger partial charge is 0.137 e. The summed E-state index contributed by atoms with van der Waals surface area (Å²) in [5, 5.41) is 11.8. The van der Waals surface area contributed by atoms with Crippen LogP contribution in [-0.4, -0.2) is 19.2 Å². The highest BCUT2D eigenvalue weighted by molar-refractivity contribution is 5.29. The first-order valence-corrected chi connectivity index (χ1v) is 5.00. The molecule has 0 fully saturated rings. The SMILES string of the molecule is CNC(C)(C#N)COc1ccc(F)c(C)c1. The lowest BCUT2D eigenvalue weighted by Crippen LogP contribution is -2.43. The molecule has 1 aromatic carbocycles. The van der Waals surface area contributed by atoms with E-state index in [2.05, 4.69) is 11.4 Å². The van der Waals surface area contributed by atoms with Crippen LogP contribution < -0.4 is 10.1 Å². The molecule has 0 heterocycles. The molecule has 0 saturated heterocycles. The van der Waals surface area contributed by atoms with Crippen LogP contribution in [0, 0.1) is 24.1 Å². The van der Waals surface area contributed by atoms with Gasteiger partial charge in [0.25, 0.3) is 0 Å². The van der Waals surface area contributed by atoms with Crippen molar-refractivity contribution in [3.05, 3.63) is 29.6 Å². The van der Waals surface area contributed by atoms with Crippen LogP contribution in [0.15, 0.2) is 18.2 Å². The molecule has 3 nitrogen and oxygen atoms in total. The number of hydrogen-bond donors (Lipinski definition) is 1. The van der Waals surface area contributed by atoms with Crippen LogP contribution in [0.1, 0.15) is 12.5 Å². The Balaban J connectivity index is 2.69. The van der Waals surface area contributed by atoms with Crippen LogP contribution in [0.5, 0.6) is 5.75 Å². The fourth-order valence-corrected chi connectivity index (χ4v) is 1.09. The number of nitrogens with one attached hydrogen (secondary N) is 1. The molecule has 1 unspecified atom stereocenters. The predicted molar refractivity (Wildman–Crippen MR) is 59.7 cm³/mol. The number of ether oxygens (including phenoxy) is 1. The van der Waals surface area contributed by atoms with E-state index in [1.54, 1.807) is 33.0 Å². The van der Waals surface area contributed by atoms with Crippen molar-refractivity contribution < 1.29 is 9.13 Å². The summed E-state index contributed by atoms with van der Waals surface area (Å²) in [6.07, 6.45) is 0. The maximum atomic E-state index is 13.0. The lowest BCUT2D eigenvalue weighted by molar-refractivity contribution is 0.242. The molecule has 86 valence electrons. The zero-order valence-corrected chi connectivity index (χ0v) is 9.67. The minimum Gasteiger partial charge on any atom is -0.491 e. The number of hydrogen-bond acceptors (Lipinski definition) is 3. The van der Waals surface area contributed by atoms with Gasteiger partial charge in [0, 0.05) is 0 Å². The second kappa shape index (κ2) is 4.95. The number of benzene rings is 1. The first-order chi connectivity index (χ1) is 7.50. The molecule has 16 heavy (non-hydrogen) atoms. The number of aryl methyl sites for hydroxylation is 1. The van der Waals surface area contributed by atoms with Gasteiger partial charge in [0.05, 0.1) is 6.07 Å². The third-order valence-electron chi connectivity index (χ3n) is 2.46. The van der Waals surface area contributed by atoms with Crippen LogP contribution >= 0.6 is 0 Å². The fourth-order valence-electron chi connectivity index (χ4n) is 1.09. The maximum Gasteiger partial charge on any atom is 0.137 e. The fraction of sp³-hybridized carbons (Fsp3) is 0.417. The largest absolute Gasteiger partial charge is 0.491 e. The minimum atomic E-state index is -0.734. The van der Waals surface area contributed by atoms with E-state index in [0.29, 0.717) is 11.3 Å². The van der Waals surface area contributed by atoms with Gasteiger partial charge in [-0.05, 0) is 44.7 Å². The second-order valence-electron chi connectivity index (χ2n) is 3.89. The first-order valence-electron chi connectivity index (χ1n) is 5.00. The molecule has 0 saturated carbocycles. The van der Waals surface area contributed by atoms with Gasteiger partial charge < -0.3 is 4.74 Å². The van der Waals surface area contributed by atoms with Crippen LogP contribution in [0.4, 0.5) is 4.39 Å². The summed E-state index contributed by atoms with van der Waals surface area (Å²) in [7, 11) is 1.70. The molecular weight excluding hydrogens is 207 g/mol. The van der Waals surface area contributed by atoms with E-state index in [4.69, 9.17) is 10.00 Å². The van der Waals surface area contributed by atoms with E-state index < -0.39 is 5.54 Å². The van der Waals surface area contributed by atoms with E-state index in [1.165, 1.54) is 6.07 Å². The van der Waals surface area contributed by atoms with E-state index in [-0.39, 0.29) is 12.4 Å². The van der Waals surface area contributed by atoms with Crippen molar-refractivity contribution in [3.8, 4) is 11.8 Å². The monoisotopic (exact) mass is 222 g/mol. The molecule has 1 atom stereocenters. The molecule has 1 rings (SSSR count). The number of likely N-dealkylation sites (N-methyl/N-ethyl adjacent to an activating group) is 1. The predicted octanol–water partition coefficient (Wildman–Crippen LogP) is 2.01. The van der Waals surface area contributed by atoms with Gasteiger partial charge in [0.15, 0.2) is 0 Å². The average molecular weight is 222 g/mol. The van der Waals surface area contributed by atoms with Crippen molar-refractivity contribution in [2.75, 3.05) is 13.7 Å².